The molecule has 0 radical (unpaired) electrons. The molecule has 0 aromatic rings. The van der Waals surface area contributed by atoms with E-state index in [9.17, 15) is 14.4 Å². The highest BCUT2D eigenvalue weighted by atomic mass is 16.6. The first-order chi connectivity index (χ1) is 40.5. The minimum absolute atomic E-state index is 0.0960. The summed E-state index contributed by atoms with van der Waals surface area (Å²) in [7, 11) is 0. The molecule has 0 N–H and O–H groups in total. The number of allylic oxidation sites excluding steroid dienone is 18. The molecule has 0 rings (SSSR count). The van der Waals surface area contributed by atoms with Crippen molar-refractivity contribution in [1.29, 1.82) is 0 Å². The van der Waals surface area contributed by atoms with Gasteiger partial charge in [0, 0.05) is 19.3 Å². The summed E-state index contributed by atoms with van der Waals surface area (Å²) in [5, 5.41) is 0. The summed E-state index contributed by atoms with van der Waals surface area (Å²) in [6.45, 7) is 6.39. The predicted molar refractivity (Wildman–Crippen MR) is 357 cm³/mol. The minimum atomic E-state index is -0.805. The molecule has 1 unspecified atom stereocenters. The summed E-state index contributed by atoms with van der Waals surface area (Å²) >= 11 is 0. The maximum absolute atomic E-state index is 12.9. The molecule has 0 fully saturated rings. The molecule has 1 atom stereocenters. The number of unbranched alkanes of at least 4 members (excludes halogenated alkanes) is 34. The third kappa shape index (κ3) is 66.9. The second-order valence-corrected chi connectivity index (χ2v) is 23.0. The monoisotopic (exact) mass is 1140 g/mol. The molecular weight excluding hydrogens is 1010 g/mol. The van der Waals surface area contributed by atoms with Crippen LogP contribution in [0.5, 0.6) is 0 Å². The molecule has 82 heavy (non-hydrogen) atoms. The number of rotatable bonds is 63. The van der Waals surface area contributed by atoms with E-state index in [1.165, 1.54) is 186 Å². The van der Waals surface area contributed by atoms with Crippen molar-refractivity contribution in [2.75, 3.05) is 13.2 Å². The van der Waals surface area contributed by atoms with Gasteiger partial charge in [-0.1, -0.05) is 329 Å². The highest BCUT2D eigenvalue weighted by Gasteiger charge is 2.19. The zero-order valence-electron chi connectivity index (χ0n) is 54.0. The highest BCUT2D eigenvalue weighted by Crippen LogP contribution is 2.18. The average molecular weight is 1140 g/mol. The van der Waals surface area contributed by atoms with Crippen LogP contribution >= 0.6 is 0 Å². The van der Waals surface area contributed by atoms with E-state index in [1.54, 1.807) is 0 Å². The molecule has 0 aliphatic heterocycles. The highest BCUT2D eigenvalue weighted by molar-refractivity contribution is 5.71. The second kappa shape index (κ2) is 69.6. The van der Waals surface area contributed by atoms with E-state index >= 15 is 0 Å². The van der Waals surface area contributed by atoms with Crippen LogP contribution in [0.4, 0.5) is 0 Å². The molecule has 0 spiro atoms. The standard InChI is InChI=1S/C76H130O6/c1-4-7-10-13-16-19-22-25-27-29-30-31-32-33-34-35-36-37-38-39-40-41-42-43-44-45-46-48-49-51-54-57-60-63-66-69-75(78)81-72-73(71-80-74(77)68-65-62-59-56-53-24-21-18-15-12-9-6-3)82-76(79)70-67-64-61-58-55-52-50-47-28-26-23-20-17-14-11-8-5-2/h7-8,10-11,16-17,19-20,25-28,30-31,50,52,58,61,73H,4-6,9,12-15,18,21-24,29,32-49,51,53-57,59-60,62-72H2,1-3H3/b10-7-,11-8-,19-16-,20-17-,27-25-,28-26-,31-30-,52-50-,61-58-. The fourth-order valence-electron chi connectivity index (χ4n) is 9.88. The van der Waals surface area contributed by atoms with Gasteiger partial charge in [0.25, 0.3) is 0 Å². The lowest BCUT2D eigenvalue weighted by atomic mass is 10.0. The SMILES string of the molecule is CC/C=C\C/C=C\C/C=C\C/C=C\C/C=C\CCCC(=O)OC(COC(=O)CCCCCCCCCCCCCC)COC(=O)CCCCCCCCCCCCCCCCCCCCCCCC/C=C\C/C=C\C/C=C\C/C=C\CC. The number of ether oxygens (including phenoxy) is 3. The molecule has 0 amide bonds. The topological polar surface area (TPSA) is 78.9 Å². The second-order valence-electron chi connectivity index (χ2n) is 23.0. The van der Waals surface area contributed by atoms with E-state index in [1.807, 2.05) is 0 Å². The Hall–Kier alpha value is -3.93. The van der Waals surface area contributed by atoms with Crippen LogP contribution in [0.2, 0.25) is 0 Å². The van der Waals surface area contributed by atoms with Gasteiger partial charge in [0.2, 0.25) is 0 Å². The van der Waals surface area contributed by atoms with Crippen LogP contribution in [-0.4, -0.2) is 37.2 Å². The van der Waals surface area contributed by atoms with Gasteiger partial charge in [-0.3, -0.25) is 14.4 Å². The number of carbonyl (C=O) groups is 3. The number of hydrogen-bond acceptors (Lipinski definition) is 6. The van der Waals surface area contributed by atoms with Gasteiger partial charge < -0.3 is 14.2 Å². The third-order valence-corrected chi connectivity index (χ3v) is 15.0. The van der Waals surface area contributed by atoms with E-state index in [-0.39, 0.29) is 37.5 Å². The zero-order valence-corrected chi connectivity index (χ0v) is 54.0. The van der Waals surface area contributed by atoms with Gasteiger partial charge >= 0.3 is 17.9 Å². The molecule has 0 aromatic heterocycles. The van der Waals surface area contributed by atoms with Gasteiger partial charge in [0.1, 0.15) is 13.2 Å². The van der Waals surface area contributed by atoms with Crippen LogP contribution < -0.4 is 0 Å². The van der Waals surface area contributed by atoms with Crippen molar-refractivity contribution in [3.63, 3.8) is 0 Å². The van der Waals surface area contributed by atoms with Crippen molar-refractivity contribution in [2.24, 2.45) is 0 Å². The van der Waals surface area contributed by atoms with Crippen molar-refractivity contribution in [1.82, 2.24) is 0 Å². The molecule has 6 nitrogen and oxygen atoms in total. The molecular formula is C76H130O6. The van der Waals surface area contributed by atoms with Gasteiger partial charge in [-0.2, -0.15) is 0 Å². The Kier molecular flexibility index (Phi) is 66.2. The summed E-state index contributed by atoms with van der Waals surface area (Å²) in [5.74, 6) is -0.941. The summed E-state index contributed by atoms with van der Waals surface area (Å²) in [6.07, 6.45) is 95.7. The van der Waals surface area contributed by atoms with Gasteiger partial charge in [0.15, 0.2) is 6.10 Å². The van der Waals surface area contributed by atoms with Crippen LogP contribution in [0.1, 0.15) is 335 Å². The molecule has 0 heterocycles. The lowest BCUT2D eigenvalue weighted by molar-refractivity contribution is -0.167. The van der Waals surface area contributed by atoms with Crippen LogP contribution in [0.3, 0.4) is 0 Å². The number of esters is 3. The number of carbonyl (C=O) groups excluding carboxylic acids is 3. The van der Waals surface area contributed by atoms with Crippen molar-refractivity contribution in [3.05, 3.63) is 109 Å². The summed E-state index contributed by atoms with van der Waals surface area (Å²) in [4.78, 5) is 38.3. The van der Waals surface area contributed by atoms with Gasteiger partial charge in [-0.15, -0.1) is 0 Å². The Morgan fingerprint density at radius 3 is 0.780 bits per heavy atom. The van der Waals surface area contributed by atoms with Crippen molar-refractivity contribution < 1.29 is 28.6 Å². The Labute approximate surface area is 508 Å². The Bertz CT molecular complexity index is 1640. The largest absolute Gasteiger partial charge is 0.462 e. The molecule has 0 aliphatic rings. The van der Waals surface area contributed by atoms with E-state index in [0.29, 0.717) is 19.3 Å². The molecule has 6 heteroatoms. The van der Waals surface area contributed by atoms with Gasteiger partial charge in [0.05, 0.1) is 0 Å². The smallest absolute Gasteiger partial charge is 0.306 e. The fraction of sp³-hybridized carbons (Fsp3) is 0.724. The van der Waals surface area contributed by atoms with Crippen LogP contribution in [-0.2, 0) is 28.6 Å². The van der Waals surface area contributed by atoms with Crippen molar-refractivity contribution in [2.45, 2.75) is 341 Å². The molecule has 0 bridgehead atoms. The average Bonchev–Trinajstić information content (AvgIpc) is 3.47. The first-order valence-electron chi connectivity index (χ1n) is 34.9. The molecule has 470 valence electrons. The van der Waals surface area contributed by atoms with Crippen LogP contribution in [0, 0.1) is 0 Å². The first-order valence-corrected chi connectivity index (χ1v) is 34.9. The van der Waals surface area contributed by atoms with Gasteiger partial charge in [-0.05, 0) is 96.3 Å². The van der Waals surface area contributed by atoms with E-state index in [2.05, 4.69) is 130 Å². The summed E-state index contributed by atoms with van der Waals surface area (Å²) in [6, 6.07) is 0. The molecule has 0 aliphatic carbocycles. The third-order valence-electron chi connectivity index (χ3n) is 15.0. The Morgan fingerprint density at radius 1 is 0.256 bits per heavy atom. The van der Waals surface area contributed by atoms with Crippen molar-refractivity contribution >= 4 is 17.9 Å². The van der Waals surface area contributed by atoms with Crippen LogP contribution in [0.25, 0.3) is 0 Å². The molecule has 0 saturated heterocycles. The van der Waals surface area contributed by atoms with E-state index in [0.717, 1.165) is 103 Å². The maximum Gasteiger partial charge on any atom is 0.306 e. The zero-order chi connectivity index (χ0) is 59.2. The van der Waals surface area contributed by atoms with Gasteiger partial charge in [-0.25, -0.2) is 0 Å². The lowest BCUT2D eigenvalue weighted by Crippen LogP contribution is -2.30. The summed E-state index contributed by atoms with van der Waals surface area (Å²) < 4.78 is 16.9. The normalized spacial score (nSPS) is 12.8. The Balaban J connectivity index is 4.14. The molecule has 0 saturated carbocycles. The van der Waals surface area contributed by atoms with Crippen molar-refractivity contribution in [3.8, 4) is 0 Å². The first kappa shape index (κ1) is 78.1. The van der Waals surface area contributed by atoms with E-state index < -0.39 is 6.10 Å². The lowest BCUT2D eigenvalue weighted by Gasteiger charge is -2.18. The minimum Gasteiger partial charge on any atom is -0.462 e. The molecule has 0 aromatic carbocycles. The van der Waals surface area contributed by atoms with E-state index in [4.69, 9.17) is 14.2 Å². The summed E-state index contributed by atoms with van der Waals surface area (Å²) in [5.41, 5.74) is 0. The Morgan fingerprint density at radius 2 is 0.488 bits per heavy atom. The van der Waals surface area contributed by atoms with Crippen LogP contribution in [0.15, 0.2) is 109 Å². The predicted octanol–water partition coefficient (Wildman–Crippen LogP) is 24.2. The number of hydrogen-bond donors (Lipinski definition) is 0. The fourth-order valence-corrected chi connectivity index (χ4v) is 9.88. The maximum atomic E-state index is 12.9. The quantitative estimate of drug-likeness (QED) is 0.0261.